The SMILES string of the molecule is CCC(Cn1nc(C)nc1C)NC. The molecule has 0 saturated carbocycles. The summed E-state index contributed by atoms with van der Waals surface area (Å²) in [6, 6.07) is 0.486. The third kappa shape index (κ3) is 2.52. The largest absolute Gasteiger partial charge is 0.315 e. The molecule has 0 fully saturated rings. The molecule has 1 unspecified atom stereocenters. The van der Waals surface area contributed by atoms with E-state index < -0.39 is 0 Å². The number of likely N-dealkylation sites (N-methyl/N-ethyl adjacent to an activating group) is 1. The minimum atomic E-state index is 0.486. The fourth-order valence-corrected chi connectivity index (χ4v) is 1.37. The van der Waals surface area contributed by atoms with Gasteiger partial charge in [0.25, 0.3) is 0 Å². The maximum absolute atomic E-state index is 4.31. The maximum Gasteiger partial charge on any atom is 0.147 e. The highest BCUT2D eigenvalue weighted by molar-refractivity contribution is 4.88. The van der Waals surface area contributed by atoms with Gasteiger partial charge in [-0.2, -0.15) is 5.10 Å². The number of rotatable bonds is 4. The van der Waals surface area contributed by atoms with E-state index in [0.29, 0.717) is 6.04 Å². The third-order valence-corrected chi connectivity index (χ3v) is 2.26. The molecule has 0 aromatic carbocycles. The molecule has 0 aliphatic rings. The van der Waals surface area contributed by atoms with E-state index in [0.717, 1.165) is 24.6 Å². The first-order chi connectivity index (χ1) is 6.17. The molecular formula is C9H18N4. The molecule has 0 bridgehead atoms. The molecule has 1 aromatic heterocycles. The highest BCUT2D eigenvalue weighted by Crippen LogP contribution is 2.00. The van der Waals surface area contributed by atoms with Crippen LogP contribution in [0.5, 0.6) is 0 Å². The van der Waals surface area contributed by atoms with Crippen LogP contribution in [0.3, 0.4) is 0 Å². The number of aromatic nitrogens is 3. The van der Waals surface area contributed by atoms with E-state index in [4.69, 9.17) is 0 Å². The average Bonchev–Trinajstić information content (AvgIpc) is 2.41. The first kappa shape index (κ1) is 10.2. The highest BCUT2D eigenvalue weighted by Gasteiger charge is 2.07. The molecule has 0 radical (unpaired) electrons. The number of hydrogen-bond donors (Lipinski definition) is 1. The fourth-order valence-electron chi connectivity index (χ4n) is 1.37. The van der Waals surface area contributed by atoms with Crippen LogP contribution in [-0.2, 0) is 6.54 Å². The molecule has 4 nitrogen and oxygen atoms in total. The number of nitrogens with zero attached hydrogens (tertiary/aromatic N) is 3. The Hall–Kier alpha value is -0.900. The van der Waals surface area contributed by atoms with Crippen molar-refractivity contribution in [2.75, 3.05) is 7.05 Å². The van der Waals surface area contributed by atoms with Gasteiger partial charge in [-0.1, -0.05) is 6.92 Å². The van der Waals surface area contributed by atoms with Gasteiger partial charge in [0.15, 0.2) is 0 Å². The van der Waals surface area contributed by atoms with Crippen molar-refractivity contribution in [3.05, 3.63) is 11.6 Å². The van der Waals surface area contributed by atoms with Crippen LogP contribution in [0.15, 0.2) is 0 Å². The Bertz CT molecular complexity index is 263. The second-order valence-electron chi connectivity index (χ2n) is 3.28. The quantitative estimate of drug-likeness (QED) is 0.752. The van der Waals surface area contributed by atoms with Crippen molar-refractivity contribution in [3.8, 4) is 0 Å². The number of aryl methyl sites for hydroxylation is 2. The van der Waals surface area contributed by atoms with E-state index in [-0.39, 0.29) is 0 Å². The van der Waals surface area contributed by atoms with Gasteiger partial charge < -0.3 is 5.32 Å². The molecule has 0 saturated heterocycles. The molecule has 0 spiro atoms. The van der Waals surface area contributed by atoms with E-state index >= 15 is 0 Å². The van der Waals surface area contributed by atoms with Crippen LogP contribution in [0.4, 0.5) is 0 Å². The van der Waals surface area contributed by atoms with Gasteiger partial charge in [0.05, 0.1) is 6.54 Å². The summed E-state index contributed by atoms with van der Waals surface area (Å²) in [6.45, 7) is 6.98. The minimum absolute atomic E-state index is 0.486. The molecule has 4 heteroatoms. The van der Waals surface area contributed by atoms with Gasteiger partial charge in [-0.05, 0) is 27.3 Å². The lowest BCUT2D eigenvalue weighted by Crippen LogP contribution is -2.30. The lowest BCUT2D eigenvalue weighted by atomic mass is 10.2. The predicted octanol–water partition coefficient (Wildman–Crippen LogP) is 0.893. The van der Waals surface area contributed by atoms with Crippen LogP contribution < -0.4 is 5.32 Å². The first-order valence-electron chi connectivity index (χ1n) is 4.72. The van der Waals surface area contributed by atoms with Gasteiger partial charge in [-0.25, -0.2) is 9.67 Å². The summed E-state index contributed by atoms with van der Waals surface area (Å²) in [7, 11) is 1.98. The van der Waals surface area contributed by atoms with Crippen molar-refractivity contribution in [1.29, 1.82) is 0 Å². The van der Waals surface area contributed by atoms with Crippen LogP contribution in [0, 0.1) is 13.8 Å². The zero-order valence-corrected chi connectivity index (χ0v) is 8.83. The van der Waals surface area contributed by atoms with E-state index in [9.17, 15) is 0 Å². The topological polar surface area (TPSA) is 42.7 Å². The van der Waals surface area contributed by atoms with Gasteiger partial charge in [0, 0.05) is 6.04 Å². The summed E-state index contributed by atoms with van der Waals surface area (Å²) in [4.78, 5) is 4.26. The number of hydrogen-bond acceptors (Lipinski definition) is 3. The maximum atomic E-state index is 4.31. The zero-order chi connectivity index (χ0) is 9.84. The summed E-state index contributed by atoms with van der Waals surface area (Å²) in [5.74, 6) is 1.84. The molecule has 1 heterocycles. The Kier molecular flexibility index (Phi) is 3.42. The second kappa shape index (κ2) is 4.37. The normalized spacial score (nSPS) is 13.2. The lowest BCUT2D eigenvalue weighted by Gasteiger charge is -2.13. The van der Waals surface area contributed by atoms with Crippen molar-refractivity contribution < 1.29 is 0 Å². The molecule has 1 aromatic rings. The Balaban J connectivity index is 2.67. The van der Waals surface area contributed by atoms with Crippen LogP contribution in [-0.4, -0.2) is 27.9 Å². The summed E-state index contributed by atoms with van der Waals surface area (Å²) < 4.78 is 1.96. The van der Waals surface area contributed by atoms with Crippen molar-refractivity contribution in [3.63, 3.8) is 0 Å². The average molecular weight is 182 g/mol. The van der Waals surface area contributed by atoms with Crippen LogP contribution in [0.25, 0.3) is 0 Å². The Labute approximate surface area is 79.4 Å². The molecule has 1 atom stereocenters. The summed E-state index contributed by atoms with van der Waals surface area (Å²) in [6.07, 6.45) is 1.11. The Morgan fingerprint density at radius 1 is 1.46 bits per heavy atom. The van der Waals surface area contributed by atoms with Crippen LogP contribution >= 0.6 is 0 Å². The summed E-state index contributed by atoms with van der Waals surface area (Å²) in [5, 5.41) is 7.56. The van der Waals surface area contributed by atoms with Crippen LogP contribution in [0.1, 0.15) is 25.0 Å². The molecular weight excluding hydrogens is 164 g/mol. The molecule has 1 rings (SSSR count). The fraction of sp³-hybridized carbons (Fsp3) is 0.778. The lowest BCUT2D eigenvalue weighted by molar-refractivity contribution is 0.435. The first-order valence-corrected chi connectivity index (χ1v) is 4.72. The van der Waals surface area contributed by atoms with Crippen molar-refractivity contribution >= 4 is 0 Å². The molecule has 0 aliphatic heterocycles. The van der Waals surface area contributed by atoms with E-state index in [1.165, 1.54) is 0 Å². The Morgan fingerprint density at radius 2 is 2.15 bits per heavy atom. The summed E-state index contributed by atoms with van der Waals surface area (Å²) in [5.41, 5.74) is 0. The molecule has 74 valence electrons. The Morgan fingerprint density at radius 3 is 2.54 bits per heavy atom. The monoisotopic (exact) mass is 182 g/mol. The van der Waals surface area contributed by atoms with Gasteiger partial charge in [-0.15, -0.1) is 0 Å². The van der Waals surface area contributed by atoms with Crippen molar-refractivity contribution in [1.82, 2.24) is 20.1 Å². The van der Waals surface area contributed by atoms with Crippen LogP contribution in [0.2, 0.25) is 0 Å². The predicted molar refractivity (Wildman–Crippen MR) is 52.6 cm³/mol. The highest BCUT2D eigenvalue weighted by atomic mass is 15.3. The number of nitrogens with one attached hydrogen (secondary N) is 1. The molecule has 0 amide bonds. The second-order valence-corrected chi connectivity index (χ2v) is 3.28. The van der Waals surface area contributed by atoms with E-state index in [1.807, 2.05) is 25.6 Å². The minimum Gasteiger partial charge on any atom is -0.315 e. The van der Waals surface area contributed by atoms with E-state index in [1.54, 1.807) is 0 Å². The van der Waals surface area contributed by atoms with Gasteiger partial charge in [0.1, 0.15) is 11.6 Å². The third-order valence-electron chi connectivity index (χ3n) is 2.26. The smallest absolute Gasteiger partial charge is 0.147 e. The van der Waals surface area contributed by atoms with Crippen molar-refractivity contribution in [2.24, 2.45) is 0 Å². The molecule has 0 aliphatic carbocycles. The van der Waals surface area contributed by atoms with Gasteiger partial charge >= 0.3 is 0 Å². The molecule has 1 N–H and O–H groups in total. The summed E-state index contributed by atoms with van der Waals surface area (Å²) >= 11 is 0. The van der Waals surface area contributed by atoms with Crippen molar-refractivity contribution in [2.45, 2.75) is 39.8 Å². The van der Waals surface area contributed by atoms with Gasteiger partial charge in [0.2, 0.25) is 0 Å². The van der Waals surface area contributed by atoms with E-state index in [2.05, 4.69) is 22.3 Å². The zero-order valence-electron chi connectivity index (χ0n) is 8.83. The molecule has 13 heavy (non-hydrogen) atoms. The standard InChI is InChI=1S/C9H18N4/c1-5-9(10-4)6-13-8(3)11-7(2)12-13/h9-10H,5-6H2,1-4H3. The van der Waals surface area contributed by atoms with Gasteiger partial charge in [-0.3, -0.25) is 0 Å².